The maximum Gasteiger partial charge on any atom is 0.306 e. The topological polar surface area (TPSA) is 84.5 Å². The molecule has 150 valence electrons. The highest BCUT2D eigenvalue weighted by Crippen LogP contribution is 2.08. The van der Waals surface area contributed by atoms with Crippen LogP contribution in [0.3, 0.4) is 0 Å². The summed E-state index contributed by atoms with van der Waals surface area (Å²) in [4.78, 5) is 30.9. The first-order chi connectivity index (χ1) is 13.0. The fourth-order valence-corrected chi connectivity index (χ4v) is 2.10. The molecule has 6 nitrogen and oxygen atoms in total. The molecule has 0 aliphatic carbocycles. The van der Waals surface area contributed by atoms with Gasteiger partial charge in [0.05, 0.1) is 6.54 Å². The van der Waals surface area contributed by atoms with Crippen molar-refractivity contribution in [2.45, 2.75) is 39.2 Å². The second-order valence-electron chi connectivity index (χ2n) is 5.51. The van der Waals surface area contributed by atoms with Crippen LogP contribution in [0.5, 0.6) is 0 Å². The molecule has 0 saturated heterocycles. The van der Waals surface area contributed by atoms with Gasteiger partial charge >= 0.3 is 5.97 Å². The lowest BCUT2D eigenvalue weighted by atomic mass is 10.2. The van der Waals surface area contributed by atoms with Gasteiger partial charge in [0.1, 0.15) is 12.9 Å². The smallest absolute Gasteiger partial charge is 0.306 e. The average molecular weight is 397 g/mol. The SMILES string of the molecule is CC=O.CNCc1ccc(Cl)cc1.O=C1CC/C=C/CCC(=O)OCCN1. The molecule has 1 aromatic rings. The highest BCUT2D eigenvalue weighted by atomic mass is 35.5. The van der Waals surface area contributed by atoms with Crippen LogP contribution < -0.4 is 10.6 Å². The number of aldehydes is 1. The summed E-state index contributed by atoms with van der Waals surface area (Å²) in [6.45, 7) is 3.03. The molecule has 7 heteroatoms. The van der Waals surface area contributed by atoms with Gasteiger partial charge in [-0.1, -0.05) is 35.9 Å². The minimum atomic E-state index is -0.204. The predicted molar refractivity (Wildman–Crippen MR) is 108 cm³/mol. The van der Waals surface area contributed by atoms with Gasteiger partial charge in [-0.2, -0.15) is 0 Å². The van der Waals surface area contributed by atoms with Gasteiger partial charge in [0, 0.05) is 24.4 Å². The molecule has 0 atom stereocenters. The number of hydrogen-bond acceptors (Lipinski definition) is 5. The summed E-state index contributed by atoms with van der Waals surface area (Å²) in [5, 5.41) is 6.52. The van der Waals surface area contributed by atoms with E-state index in [2.05, 4.69) is 10.6 Å². The van der Waals surface area contributed by atoms with Crippen LogP contribution in [0.1, 0.15) is 38.2 Å². The van der Waals surface area contributed by atoms with Crippen LogP contribution in [0.25, 0.3) is 0 Å². The van der Waals surface area contributed by atoms with Gasteiger partial charge in [0.25, 0.3) is 0 Å². The zero-order valence-electron chi connectivity index (χ0n) is 16.0. The Morgan fingerprint density at radius 3 is 2.33 bits per heavy atom. The van der Waals surface area contributed by atoms with E-state index >= 15 is 0 Å². The van der Waals surface area contributed by atoms with Crippen LogP contribution in [0.15, 0.2) is 36.4 Å². The molecule has 1 heterocycles. The number of benzene rings is 1. The third-order valence-corrected chi connectivity index (χ3v) is 3.45. The summed E-state index contributed by atoms with van der Waals surface area (Å²) < 4.78 is 4.88. The second kappa shape index (κ2) is 17.2. The van der Waals surface area contributed by atoms with Crippen molar-refractivity contribution < 1.29 is 19.1 Å². The van der Waals surface area contributed by atoms with E-state index in [0.29, 0.717) is 25.8 Å². The summed E-state index contributed by atoms with van der Waals surface area (Å²) in [6.07, 6.45) is 6.95. The highest BCUT2D eigenvalue weighted by Gasteiger charge is 2.03. The molecule has 1 aliphatic rings. The Labute approximate surface area is 166 Å². The number of carbonyl (C=O) groups excluding carboxylic acids is 3. The van der Waals surface area contributed by atoms with E-state index in [1.807, 2.05) is 43.5 Å². The minimum Gasteiger partial charge on any atom is -0.464 e. The number of nitrogens with one attached hydrogen (secondary N) is 2. The minimum absolute atomic E-state index is 0.00581. The van der Waals surface area contributed by atoms with E-state index in [-0.39, 0.29) is 18.5 Å². The molecule has 1 amide bonds. The summed E-state index contributed by atoms with van der Waals surface area (Å²) in [5.41, 5.74) is 1.26. The first-order valence-electron chi connectivity index (χ1n) is 8.89. The van der Waals surface area contributed by atoms with Gasteiger partial charge in [-0.05, 0) is 44.5 Å². The number of hydrogen-bond donors (Lipinski definition) is 2. The van der Waals surface area contributed by atoms with Gasteiger partial charge in [-0.3, -0.25) is 9.59 Å². The van der Waals surface area contributed by atoms with Crippen molar-refractivity contribution >= 4 is 29.8 Å². The Balaban J connectivity index is 0.000000455. The molecule has 0 fully saturated rings. The standard InChI is InChI=1S/C10H15NO3.C8H10ClN.C2H4O/c12-9-5-3-1-2-4-6-10(13)14-8-7-11-9;1-10-6-7-2-4-8(9)5-3-7;1-2-3/h1-2H,3-8H2,(H,11,12);2-5,10H,6H2,1H3;2H,1H3/b2-1+;;. The number of allylic oxidation sites excluding steroid dienone is 2. The molecule has 0 bridgehead atoms. The first kappa shape index (κ1) is 24.8. The van der Waals surface area contributed by atoms with Gasteiger partial charge < -0.3 is 20.2 Å². The van der Waals surface area contributed by atoms with Crippen LogP contribution in [-0.4, -0.2) is 38.4 Å². The molecule has 2 N–H and O–H groups in total. The van der Waals surface area contributed by atoms with Crippen LogP contribution >= 0.6 is 11.6 Å². The van der Waals surface area contributed by atoms with Crippen molar-refractivity contribution in [3.8, 4) is 0 Å². The Hall–Kier alpha value is -2.18. The lowest BCUT2D eigenvalue weighted by Gasteiger charge is -2.06. The molecule has 0 radical (unpaired) electrons. The molecule has 1 aromatic carbocycles. The third kappa shape index (κ3) is 15.8. The van der Waals surface area contributed by atoms with E-state index in [1.54, 1.807) is 0 Å². The lowest BCUT2D eigenvalue weighted by molar-refractivity contribution is -0.143. The fraction of sp³-hybridized carbons (Fsp3) is 0.450. The average Bonchev–Trinajstić information content (AvgIpc) is 2.64. The van der Waals surface area contributed by atoms with Gasteiger partial charge in [0.15, 0.2) is 0 Å². The summed E-state index contributed by atoms with van der Waals surface area (Å²) in [7, 11) is 1.93. The molecule has 0 unspecified atom stereocenters. The number of ether oxygens (including phenoxy) is 1. The molecular formula is C20H29ClN2O4. The summed E-state index contributed by atoms with van der Waals surface area (Å²) in [6, 6.07) is 7.82. The maximum absolute atomic E-state index is 11.1. The number of rotatable bonds is 2. The van der Waals surface area contributed by atoms with Gasteiger partial charge in [-0.15, -0.1) is 0 Å². The van der Waals surface area contributed by atoms with Gasteiger partial charge in [0.2, 0.25) is 5.91 Å². The van der Waals surface area contributed by atoms with Crippen molar-refractivity contribution in [3.05, 3.63) is 47.0 Å². The van der Waals surface area contributed by atoms with E-state index in [0.717, 1.165) is 24.3 Å². The maximum atomic E-state index is 11.1. The highest BCUT2D eigenvalue weighted by molar-refractivity contribution is 6.30. The Kier molecular flexibility index (Phi) is 15.9. The molecular weight excluding hydrogens is 368 g/mol. The van der Waals surface area contributed by atoms with E-state index < -0.39 is 0 Å². The molecule has 27 heavy (non-hydrogen) atoms. The van der Waals surface area contributed by atoms with Crippen LogP contribution in [0, 0.1) is 0 Å². The Morgan fingerprint density at radius 1 is 1.15 bits per heavy atom. The lowest BCUT2D eigenvalue weighted by Crippen LogP contribution is -2.27. The molecule has 0 spiro atoms. The summed E-state index contributed by atoms with van der Waals surface area (Å²) in [5.74, 6) is -0.198. The van der Waals surface area contributed by atoms with Gasteiger partial charge in [-0.25, -0.2) is 0 Å². The number of cyclic esters (lactones) is 1. The zero-order valence-corrected chi connectivity index (χ0v) is 16.8. The van der Waals surface area contributed by atoms with E-state index in [4.69, 9.17) is 21.1 Å². The van der Waals surface area contributed by atoms with Crippen LogP contribution in [-0.2, 0) is 25.7 Å². The number of halogens is 1. The zero-order chi connectivity index (χ0) is 20.3. The first-order valence-corrected chi connectivity index (χ1v) is 9.27. The van der Waals surface area contributed by atoms with Crippen molar-refractivity contribution in [2.75, 3.05) is 20.2 Å². The predicted octanol–water partition coefficient (Wildman–Crippen LogP) is 3.04. The number of amides is 1. The molecule has 1 aliphatic heterocycles. The monoisotopic (exact) mass is 396 g/mol. The van der Waals surface area contributed by atoms with E-state index in [1.165, 1.54) is 12.5 Å². The Morgan fingerprint density at radius 2 is 1.74 bits per heavy atom. The number of esters is 1. The fourth-order valence-electron chi connectivity index (χ4n) is 1.97. The van der Waals surface area contributed by atoms with Crippen molar-refractivity contribution in [1.29, 1.82) is 0 Å². The van der Waals surface area contributed by atoms with E-state index in [9.17, 15) is 9.59 Å². The molecule has 0 aromatic heterocycles. The molecule has 0 saturated carbocycles. The largest absolute Gasteiger partial charge is 0.464 e. The Bertz CT molecular complexity index is 550. The number of carbonyl (C=O) groups is 3. The van der Waals surface area contributed by atoms with Crippen LogP contribution in [0.2, 0.25) is 5.02 Å². The third-order valence-electron chi connectivity index (χ3n) is 3.20. The normalized spacial score (nSPS) is 15.8. The quantitative estimate of drug-likeness (QED) is 0.456. The molecule has 2 rings (SSSR count). The van der Waals surface area contributed by atoms with Crippen molar-refractivity contribution in [3.63, 3.8) is 0 Å². The van der Waals surface area contributed by atoms with Crippen molar-refractivity contribution in [2.24, 2.45) is 0 Å². The second-order valence-corrected chi connectivity index (χ2v) is 5.95. The van der Waals surface area contributed by atoms with Crippen LogP contribution in [0.4, 0.5) is 0 Å². The van der Waals surface area contributed by atoms with Crippen molar-refractivity contribution in [1.82, 2.24) is 10.6 Å². The summed E-state index contributed by atoms with van der Waals surface area (Å²) >= 11 is 5.69.